The monoisotopic (exact) mass is 525 g/mol. The number of carbonyl (C=O) groups is 2. The van der Waals surface area contributed by atoms with Gasteiger partial charge in [0.2, 0.25) is 5.91 Å². The number of nitrogens with one attached hydrogen (secondary N) is 1. The SMILES string of the molecule is COC(=O)c1cccc(CN2CCc3c(sc(NC(=O)CC4=CCC(S(C)(=O)=O)C=C4)c3C#N)C2)c1. The summed E-state index contributed by atoms with van der Waals surface area (Å²) in [5.41, 5.74) is 3.76. The Balaban J connectivity index is 1.41. The van der Waals surface area contributed by atoms with Crippen molar-refractivity contribution in [3.05, 3.63) is 75.2 Å². The second kappa shape index (κ2) is 10.8. The van der Waals surface area contributed by atoms with Crippen LogP contribution < -0.4 is 5.32 Å². The second-order valence-electron chi connectivity index (χ2n) is 8.94. The maximum atomic E-state index is 12.7. The lowest BCUT2D eigenvalue weighted by atomic mass is 10.0. The van der Waals surface area contributed by atoms with Crippen LogP contribution in [0.5, 0.6) is 0 Å². The van der Waals surface area contributed by atoms with Gasteiger partial charge in [0.1, 0.15) is 11.1 Å². The fraction of sp³-hybridized carbons (Fsp3) is 0.346. The van der Waals surface area contributed by atoms with Crippen LogP contribution in [0.15, 0.2) is 48.1 Å². The Hall–Kier alpha value is -3.26. The zero-order chi connectivity index (χ0) is 25.9. The zero-order valence-electron chi connectivity index (χ0n) is 20.1. The summed E-state index contributed by atoms with van der Waals surface area (Å²) in [5, 5.41) is 12.7. The van der Waals surface area contributed by atoms with Crippen LogP contribution in [-0.4, -0.2) is 50.4 Å². The number of benzene rings is 1. The van der Waals surface area contributed by atoms with Crippen LogP contribution in [0.3, 0.4) is 0 Å². The van der Waals surface area contributed by atoms with Crippen LogP contribution in [0, 0.1) is 11.3 Å². The van der Waals surface area contributed by atoms with E-state index in [1.165, 1.54) is 24.7 Å². The molecule has 2 aliphatic rings. The summed E-state index contributed by atoms with van der Waals surface area (Å²) >= 11 is 1.42. The summed E-state index contributed by atoms with van der Waals surface area (Å²) in [6.07, 6.45) is 7.46. The van der Waals surface area contributed by atoms with Gasteiger partial charge in [-0.05, 0) is 41.7 Å². The molecular formula is C26H27N3O5S2. The van der Waals surface area contributed by atoms with E-state index < -0.39 is 15.1 Å². The van der Waals surface area contributed by atoms with Crippen molar-refractivity contribution in [2.75, 3.05) is 25.2 Å². The number of amides is 1. The molecule has 1 aliphatic heterocycles. The third kappa shape index (κ3) is 5.93. The second-order valence-corrected chi connectivity index (χ2v) is 12.3. The van der Waals surface area contributed by atoms with E-state index in [9.17, 15) is 23.3 Å². The molecule has 1 amide bonds. The molecule has 1 aromatic carbocycles. The van der Waals surface area contributed by atoms with Crippen LogP contribution in [-0.2, 0) is 38.9 Å². The molecule has 0 saturated carbocycles. The molecule has 4 rings (SSSR count). The number of thiophene rings is 1. The van der Waals surface area contributed by atoms with Crippen molar-refractivity contribution >= 4 is 38.1 Å². The van der Waals surface area contributed by atoms with Crippen molar-refractivity contribution in [1.29, 1.82) is 5.26 Å². The number of nitrogens with zero attached hydrogens (tertiary/aromatic N) is 2. The minimum atomic E-state index is -3.16. The lowest BCUT2D eigenvalue weighted by molar-refractivity contribution is -0.115. The van der Waals surface area contributed by atoms with Crippen molar-refractivity contribution in [2.45, 2.75) is 37.6 Å². The first-order valence-electron chi connectivity index (χ1n) is 11.5. The molecule has 8 nitrogen and oxygen atoms in total. The number of esters is 1. The fourth-order valence-electron chi connectivity index (χ4n) is 4.42. The predicted molar refractivity (Wildman–Crippen MR) is 138 cm³/mol. The van der Waals surface area contributed by atoms with Gasteiger partial charge in [-0.3, -0.25) is 9.69 Å². The summed E-state index contributed by atoms with van der Waals surface area (Å²) in [4.78, 5) is 27.8. The smallest absolute Gasteiger partial charge is 0.337 e. The summed E-state index contributed by atoms with van der Waals surface area (Å²) in [5.74, 6) is -0.611. The lowest BCUT2D eigenvalue weighted by Crippen LogP contribution is -2.29. The number of methoxy groups -OCH3 is 1. The van der Waals surface area contributed by atoms with Crippen LogP contribution in [0.2, 0.25) is 0 Å². The van der Waals surface area contributed by atoms with Gasteiger partial charge in [-0.1, -0.05) is 30.4 Å². The number of anilines is 1. The van der Waals surface area contributed by atoms with Crippen LogP contribution in [0.4, 0.5) is 5.00 Å². The first-order chi connectivity index (χ1) is 17.2. The average Bonchev–Trinajstić information content (AvgIpc) is 3.19. The molecule has 10 heteroatoms. The summed E-state index contributed by atoms with van der Waals surface area (Å²) < 4.78 is 28.2. The highest BCUT2D eigenvalue weighted by Gasteiger charge is 2.26. The Bertz CT molecular complexity index is 1400. The Morgan fingerprint density at radius 2 is 2.14 bits per heavy atom. The van der Waals surface area contributed by atoms with Gasteiger partial charge in [-0.15, -0.1) is 11.3 Å². The van der Waals surface area contributed by atoms with E-state index in [0.717, 1.165) is 28.1 Å². The Morgan fingerprint density at radius 3 is 2.81 bits per heavy atom. The third-order valence-electron chi connectivity index (χ3n) is 6.31. The molecule has 1 aromatic heterocycles. The van der Waals surface area contributed by atoms with Gasteiger partial charge in [0.25, 0.3) is 0 Å². The number of allylic oxidation sites excluding steroid dienone is 2. The molecule has 0 fully saturated rings. The lowest BCUT2D eigenvalue weighted by Gasteiger charge is -2.26. The maximum Gasteiger partial charge on any atom is 0.337 e. The molecule has 1 N–H and O–H groups in total. The van der Waals surface area contributed by atoms with E-state index in [0.29, 0.717) is 42.1 Å². The van der Waals surface area contributed by atoms with Gasteiger partial charge in [-0.25, -0.2) is 13.2 Å². The number of ether oxygens (including phenoxy) is 1. The summed E-state index contributed by atoms with van der Waals surface area (Å²) in [6.45, 7) is 2.06. The molecule has 0 spiro atoms. The normalized spacial score (nSPS) is 17.6. The van der Waals surface area contributed by atoms with Crippen molar-refractivity contribution in [3.8, 4) is 6.07 Å². The highest BCUT2D eigenvalue weighted by Crippen LogP contribution is 2.37. The van der Waals surface area contributed by atoms with Gasteiger partial charge < -0.3 is 10.1 Å². The Labute approximate surface area is 214 Å². The fourth-order valence-corrected chi connectivity index (χ4v) is 6.49. The molecule has 1 atom stereocenters. The molecule has 2 aromatic rings. The summed E-state index contributed by atoms with van der Waals surface area (Å²) in [6, 6.07) is 9.61. The number of sulfone groups is 1. The van der Waals surface area contributed by atoms with Crippen molar-refractivity contribution in [1.82, 2.24) is 4.90 Å². The predicted octanol–water partition coefficient (Wildman–Crippen LogP) is 3.59. The number of hydrogen-bond donors (Lipinski definition) is 1. The standard InChI is InChI=1S/C26H27N3O5S2/c1-34-26(31)19-5-3-4-18(12-19)15-29-11-10-21-22(14-27)25(35-23(21)16-29)28-24(30)13-17-6-8-20(9-7-17)36(2,32)33/h3-8,12,20H,9-11,13,15-16H2,1-2H3,(H,28,30). The Morgan fingerprint density at radius 1 is 1.33 bits per heavy atom. The Kier molecular flexibility index (Phi) is 7.73. The third-order valence-corrected chi connectivity index (χ3v) is 8.89. The molecule has 1 unspecified atom stereocenters. The van der Waals surface area contributed by atoms with E-state index >= 15 is 0 Å². The van der Waals surface area contributed by atoms with E-state index in [1.54, 1.807) is 24.3 Å². The van der Waals surface area contributed by atoms with E-state index in [1.807, 2.05) is 18.2 Å². The molecule has 1 aliphatic carbocycles. The molecule has 36 heavy (non-hydrogen) atoms. The number of nitriles is 1. The number of fused-ring (bicyclic) bond motifs is 1. The van der Waals surface area contributed by atoms with Gasteiger partial charge in [0.05, 0.1) is 29.9 Å². The van der Waals surface area contributed by atoms with Gasteiger partial charge in [0, 0.05) is 30.8 Å². The number of hydrogen-bond acceptors (Lipinski definition) is 8. The quantitative estimate of drug-likeness (QED) is 0.549. The van der Waals surface area contributed by atoms with E-state index in [4.69, 9.17) is 4.74 Å². The molecule has 0 radical (unpaired) electrons. The minimum Gasteiger partial charge on any atom is -0.465 e. The number of carbonyl (C=O) groups excluding carboxylic acids is 2. The molecule has 0 saturated heterocycles. The van der Waals surface area contributed by atoms with E-state index in [-0.39, 0.29) is 18.3 Å². The largest absolute Gasteiger partial charge is 0.465 e. The summed E-state index contributed by atoms with van der Waals surface area (Å²) in [7, 11) is -1.80. The van der Waals surface area contributed by atoms with Crippen molar-refractivity contribution < 1.29 is 22.7 Å². The average molecular weight is 526 g/mol. The maximum absolute atomic E-state index is 12.7. The van der Waals surface area contributed by atoms with Gasteiger partial charge in [0.15, 0.2) is 9.84 Å². The van der Waals surface area contributed by atoms with Crippen molar-refractivity contribution in [2.24, 2.45) is 0 Å². The van der Waals surface area contributed by atoms with E-state index in [2.05, 4.69) is 16.3 Å². The number of rotatable bonds is 7. The first kappa shape index (κ1) is 25.8. The first-order valence-corrected chi connectivity index (χ1v) is 14.2. The highest BCUT2D eigenvalue weighted by atomic mass is 32.2. The van der Waals surface area contributed by atoms with Crippen LogP contribution in [0.25, 0.3) is 0 Å². The minimum absolute atomic E-state index is 0.114. The molecule has 0 bridgehead atoms. The van der Waals surface area contributed by atoms with Crippen molar-refractivity contribution in [3.63, 3.8) is 0 Å². The van der Waals surface area contributed by atoms with Crippen LogP contribution >= 0.6 is 11.3 Å². The van der Waals surface area contributed by atoms with Crippen LogP contribution in [0.1, 0.15) is 44.8 Å². The highest BCUT2D eigenvalue weighted by molar-refractivity contribution is 7.91. The topological polar surface area (TPSA) is 117 Å². The molecular weight excluding hydrogens is 498 g/mol. The zero-order valence-corrected chi connectivity index (χ0v) is 21.7. The molecule has 188 valence electrons. The van der Waals surface area contributed by atoms with Gasteiger partial charge in [-0.2, -0.15) is 5.26 Å². The van der Waals surface area contributed by atoms with Gasteiger partial charge >= 0.3 is 5.97 Å². The molecule has 2 heterocycles.